The third kappa shape index (κ3) is 6.71. The van der Waals surface area contributed by atoms with Crippen LogP contribution in [0.2, 0.25) is 0 Å². The first-order valence-corrected chi connectivity index (χ1v) is 9.33. The fraction of sp³-hybridized carbons (Fsp3) is 0.818. The van der Waals surface area contributed by atoms with Crippen LogP contribution in [0.1, 0.15) is 92.9 Å². The molecule has 2 rings (SSSR count). The van der Waals surface area contributed by atoms with E-state index >= 15 is 0 Å². The van der Waals surface area contributed by atoms with Gasteiger partial charge in [-0.1, -0.05) is 65.8 Å². The van der Waals surface area contributed by atoms with Gasteiger partial charge in [-0.25, -0.2) is 0 Å². The van der Waals surface area contributed by atoms with Crippen molar-refractivity contribution in [2.24, 2.45) is 22.7 Å². The molecule has 0 radical (unpaired) electrons. The third-order valence-corrected chi connectivity index (χ3v) is 5.83. The molecule has 0 aromatic carbocycles. The molecule has 128 valence electrons. The van der Waals surface area contributed by atoms with Crippen molar-refractivity contribution in [3.8, 4) is 0 Å². The van der Waals surface area contributed by atoms with Crippen molar-refractivity contribution in [3.05, 3.63) is 24.3 Å². The fourth-order valence-corrected chi connectivity index (χ4v) is 3.78. The average molecular weight is 305 g/mol. The summed E-state index contributed by atoms with van der Waals surface area (Å²) in [6.07, 6.45) is 10.5. The van der Waals surface area contributed by atoms with Gasteiger partial charge in [-0.3, -0.25) is 0 Å². The van der Waals surface area contributed by atoms with E-state index in [0.29, 0.717) is 10.8 Å². The molecule has 0 atom stereocenters. The summed E-state index contributed by atoms with van der Waals surface area (Å²) in [5.74, 6) is 1.85. The molecule has 0 amide bonds. The van der Waals surface area contributed by atoms with Crippen molar-refractivity contribution in [1.82, 2.24) is 0 Å². The predicted molar refractivity (Wildman–Crippen MR) is 101 cm³/mol. The molecule has 0 aromatic rings. The Labute approximate surface area is 140 Å². The molecule has 2 saturated carbocycles. The van der Waals surface area contributed by atoms with E-state index in [1.54, 1.807) is 0 Å². The van der Waals surface area contributed by atoms with Crippen LogP contribution in [0.3, 0.4) is 0 Å². The fourth-order valence-electron chi connectivity index (χ4n) is 3.78. The van der Waals surface area contributed by atoms with E-state index in [-0.39, 0.29) is 0 Å². The maximum Gasteiger partial charge on any atom is -0.0320 e. The standard InChI is InChI=1S/2C11H20/c2*1-9-5-7-10(8-6-9)11(2,3)4/h2*10H,1,5-8H2,2-4H3. The molecule has 0 aliphatic heterocycles. The van der Waals surface area contributed by atoms with Crippen molar-refractivity contribution in [1.29, 1.82) is 0 Å². The topological polar surface area (TPSA) is 0 Å². The van der Waals surface area contributed by atoms with Crippen LogP contribution in [0.4, 0.5) is 0 Å². The summed E-state index contributed by atoms with van der Waals surface area (Å²) in [7, 11) is 0. The first-order chi connectivity index (χ1) is 10.00. The Morgan fingerprint density at radius 2 is 0.818 bits per heavy atom. The maximum atomic E-state index is 4.03. The molecule has 0 bridgehead atoms. The molecule has 0 saturated heterocycles. The van der Waals surface area contributed by atoms with E-state index in [0.717, 1.165) is 11.8 Å². The molecular formula is C22H40. The summed E-state index contributed by atoms with van der Waals surface area (Å²) in [5.41, 5.74) is 3.96. The zero-order chi connectivity index (χ0) is 17.0. The van der Waals surface area contributed by atoms with Gasteiger partial charge >= 0.3 is 0 Å². The summed E-state index contributed by atoms with van der Waals surface area (Å²) in [5, 5.41) is 0. The van der Waals surface area contributed by atoms with Crippen LogP contribution >= 0.6 is 0 Å². The Balaban J connectivity index is 0.000000220. The lowest BCUT2D eigenvalue weighted by Crippen LogP contribution is -2.23. The third-order valence-electron chi connectivity index (χ3n) is 5.83. The summed E-state index contributed by atoms with van der Waals surface area (Å²) in [4.78, 5) is 0. The summed E-state index contributed by atoms with van der Waals surface area (Å²) >= 11 is 0. The average Bonchev–Trinajstić information content (AvgIpc) is 2.38. The van der Waals surface area contributed by atoms with Crippen LogP contribution in [0.15, 0.2) is 24.3 Å². The molecule has 0 spiro atoms. The molecule has 2 aliphatic carbocycles. The molecular weight excluding hydrogens is 264 g/mol. The van der Waals surface area contributed by atoms with Crippen molar-refractivity contribution in [2.45, 2.75) is 92.9 Å². The van der Waals surface area contributed by atoms with Crippen molar-refractivity contribution < 1.29 is 0 Å². The normalized spacial score (nSPS) is 22.3. The van der Waals surface area contributed by atoms with E-state index in [1.165, 1.54) is 62.5 Å². The lowest BCUT2D eigenvalue weighted by atomic mass is 9.71. The molecule has 2 fully saturated rings. The van der Waals surface area contributed by atoms with Crippen LogP contribution in [-0.2, 0) is 0 Å². The van der Waals surface area contributed by atoms with Gasteiger partial charge in [-0.05, 0) is 74.0 Å². The second-order valence-electron chi connectivity index (χ2n) is 9.78. The molecule has 0 heteroatoms. The highest BCUT2D eigenvalue weighted by Crippen LogP contribution is 2.39. The number of allylic oxidation sites excluding steroid dienone is 2. The van der Waals surface area contributed by atoms with Gasteiger partial charge in [0.1, 0.15) is 0 Å². The largest absolute Gasteiger partial charge is 0.0999 e. The second kappa shape index (κ2) is 7.84. The first kappa shape index (κ1) is 19.5. The minimum absolute atomic E-state index is 0.515. The van der Waals surface area contributed by atoms with E-state index in [2.05, 4.69) is 54.7 Å². The first-order valence-electron chi connectivity index (χ1n) is 9.33. The maximum absolute atomic E-state index is 4.03. The number of rotatable bonds is 0. The Bertz CT molecular complexity index is 314. The van der Waals surface area contributed by atoms with Crippen molar-refractivity contribution in [2.75, 3.05) is 0 Å². The van der Waals surface area contributed by atoms with E-state index in [1.807, 2.05) is 0 Å². The Morgan fingerprint density at radius 1 is 0.591 bits per heavy atom. The smallest absolute Gasteiger partial charge is 0.0320 e. The lowest BCUT2D eigenvalue weighted by Gasteiger charge is -2.34. The van der Waals surface area contributed by atoms with Crippen molar-refractivity contribution in [3.63, 3.8) is 0 Å². The molecule has 2 aliphatic rings. The van der Waals surface area contributed by atoms with E-state index in [9.17, 15) is 0 Å². The Hall–Kier alpha value is -0.520. The quantitative estimate of drug-likeness (QED) is 0.405. The molecule has 0 N–H and O–H groups in total. The zero-order valence-corrected chi connectivity index (χ0v) is 16.2. The second-order valence-corrected chi connectivity index (χ2v) is 9.78. The molecule has 0 nitrogen and oxygen atoms in total. The van der Waals surface area contributed by atoms with Gasteiger partial charge in [0.25, 0.3) is 0 Å². The molecule has 0 heterocycles. The molecule has 0 unspecified atom stereocenters. The summed E-state index contributed by atoms with van der Waals surface area (Å²) in [6, 6.07) is 0. The van der Waals surface area contributed by atoms with E-state index < -0.39 is 0 Å². The number of hydrogen-bond donors (Lipinski definition) is 0. The van der Waals surface area contributed by atoms with Crippen LogP contribution < -0.4 is 0 Å². The number of hydrogen-bond acceptors (Lipinski definition) is 0. The van der Waals surface area contributed by atoms with Gasteiger partial charge in [0.15, 0.2) is 0 Å². The zero-order valence-electron chi connectivity index (χ0n) is 16.2. The summed E-state index contributed by atoms with van der Waals surface area (Å²) < 4.78 is 0. The van der Waals surface area contributed by atoms with Gasteiger partial charge in [0, 0.05) is 0 Å². The van der Waals surface area contributed by atoms with Gasteiger partial charge in [0.2, 0.25) is 0 Å². The molecule has 22 heavy (non-hydrogen) atoms. The highest BCUT2D eigenvalue weighted by Gasteiger charge is 2.27. The highest BCUT2D eigenvalue weighted by atomic mass is 14.3. The van der Waals surface area contributed by atoms with Crippen molar-refractivity contribution >= 4 is 0 Å². The van der Waals surface area contributed by atoms with Gasteiger partial charge < -0.3 is 0 Å². The minimum atomic E-state index is 0.515. The highest BCUT2D eigenvalue weighted by molar-refractivity contribution is 5.00. The van der Waals surface area contributed by atoms with Crippen LogP contribution in [0.25, 0.3) is 0 Å². The Morgan fingerprint density at radius 3 is 1.00 bits per heavy atom. The van der Waals surface area contributed by atoms with Gasteiger partial charge in [-0.2, -0.15) is 0 Å². The predicted octanol–water partition coefficient (Wildman–Crippen LogP) is 7.56. The van der Waals surface area contributed by atoms with Crippen LogP contribution in [-0.4, -0.2) is 0 Å². The van der Waals surface area contributed by atoms with Gasteiger partial charge in [-0.15, -0.1) is 0 Å². The van der Waals surface area contributed by atoms with Gasteiger partial charge in [0.05, 0.1) is 0 Å². The molecule has 0 aromatic heterocycles. The van der Waals surface area contributed by atoms with Crippen LogP contribution in [0.5, 0.6) is 0 Å². The van der Waals surface area contributed by atoms with E-state index in [4.69, 9.17) is 0 Å². The summed E-state index contributed by atoms with van der Waals surface area (Å²) in [6.45, 7) is 22.2. The lowest BCUT2D eigenvalue weighted by molar-refractivity contribution is 0.197. The SMILES string of the molecule is C=C1CCC(C(C)(C)C)CC1.C=C1CCC(C(C)(C)C)CC1. The monoisotopic (exact) mass is 304 g/mol. The van der Waals surface area contributed by atoms with Crippen LogP contribution in [0, 0.1) is 22.7 Å². The minimum Gasteiger partial charge on any atom is -0.0999 e. The Kier molecular flexibility index (Phi) is 6.96.